The first-order valence-corrected chi connectivity index (χ1v) is 11.3. The first kappa shape index (κ1) is 26.6. The number of nitrogens with zero attached hydrogens (tertiary/aromatic N) is 4. The topological polar surface area (TPSA) is 140 Å². The van der Waals surface area contributed by atoms with E-state index in [1.165, 1.54) is 0 Å². The third-order valence-corrected chi connectivity index (χ3v) is 5.87. The van der Waals surface area contributed by atoms with Crippen molar-refractivity contribution in [1.82, 2.24) is 19.1 Å². The zero-order chi connectivity index (χ0) is 25.3. The maximum absolute atomic E-state index is 13.0. The van der Waals surface area contributed by atoms with Crippen LogP contribution >= 0.6 is 12.4 Å². The molecule has 0 aliphatic heterocycles. The number of imidazole rings is 1. The van der Waals surface area contributed by atoms with E-state index < -0.39 is 5.97 Å². The Hall–Kier alpha value is -3.98. The molecule has 0 amide bonds. The van der Waals surface area contributed by atoms with Gasteiger partial charge < -0.3 is 20.0 Å². The predicted molar refractivity (Wildman–Crippen MR) is 142 cm³/mol. The van der Waals surface area contributed by atoms with Gasteiger partial charge in [-0.2, -0.15) is 0 Å². The minimum Gasteiger partial charge on any atom is -0.480 e. The number of aromatic nitrogens is 4. The molecular weight excluding hydrogens is 480 g/mol. The van der Waals surface area contributed by atoms with Gasteiger partial charge in [-0.15, -0.1) is 12.4 Å². The summed E-state index contributed by atoms with van der Waals surface area (Å²) in [5.74, 6) is -0.607. The molecule has 0 aliphatic rings. The van der Waals surface area contributed by atoms with Gasteiger partial charge in [0.05, 0.1) is 28.7 Å². The first-order chi connectivity index (χ1) is 16.6. The fourth-order valence-electron chi connectivity index (χ4n) is 4.21. The van der Waals surface area contributed by atoms with Gasteiger partial charge in [0.2, 0.25) is 0 Å². The number of benzene rings is 2. The number of halogens is 1. The number of nitrogen functional groups attached to an aromatic ring is 1. The van der Waals surface area contributed by atoms with Gasteiger partial charge in [0.25, 0.3) is 5.56 Å². The number of aliphatic carboxylic acids is 1. The van der Waals surface area contributed by atoms with Gasteiger partial charge >= 0.3 is 5.97 Å². The molecule has 0 spiro atoms. The zero-order valence-electron chi connectivity index (χ0n) is 20.4. The van der Waals surface area contributed by atoms with Crippen LogP contribution in [0.3, 0.4) is 0 Å². The highest BCUT2D eigenvalue weighted by molar-refractivity contribution is 5.94. The number of rotatable bonds is 8. The molecule has 0 radical (unpaired) electrons. The van der Waals surface area contributed by atoms with Gasteiger partial charge in [0.15, 0.2) is 0 Å². The summed E-state index contributed by atoms with van der Waals surface area (Å²) in [5.41, 5.74) is 10.9. The number of hydrogen-bond donors (Lipinski definition) is 3. The molecule has 0 unspecified atom stereocenters. The standard InChI is InChI=1S/C26H28N6O3.ClH/c1-15(2)10-20-24(32(14-29-20)13-23(33)34)18-8-9-22-19(12-18)30-21(26(35)31(22)3)11-16-4-6-17(7-5-16)25(27)28;/h4-9,12,14-15H,10-11,13H2,1-3H3,(H3,27,28)(H,33,34);1H. The second-order valence-electron chi connectivity index (χ2n) is 9.07. The average molecular weight is 509 g/mol. The van der Waals surface area contributed by atoms with Gasteiger partial charge in [-0.05, 0) is 30.0 Å². The maximum Gasteiger partial charge on any atom is 0.323 e. The first-order valence-electron chi connectivity index (χ1n) is 11.3. The van der Waals surface area contributed by atoms with E-state index in [-0.39, 0.29) is 30.3 Å². The van der Waals surface area contributed by atoms with E-state index in [0.717, 1.165) is 22.5 Å². The van der Waals surface area contributed by atoms with Crippen molar-refractivity contribution in [1.29, 1.82) is 5.41 Å². The number of aryl methyl sites for hydroxylation is 1. The molecule has 4 rings (SSSR count). The van der Waals surface area contributed by atoms with Crippen LogP contribution in [0, 0.1) is 11.3 Å². The van der Waals surface area contributed by atoms with E-state index in [0.29, 0.717) is 41.1 Å². The summed E-state index contributed by atoms with van der Waals surface area (Å²) < 4.78 is 3.22. The van der Waals surface area contributed by atoms with E-state index in [2.05, 4.69) is 18.8 Å². The van der Waals surface area contributed by atoms with E-state index in [1.54, 1.807) is 34.6 Å². The highest BCUT2D eigenvalue weighted by atomic mass is 35.5. The van der Waals surface area contributed by atoms with Crippen LogP contribution in [-0.4, -0.2) is 36.0 Å². The number of fused-ring (bicyclic) bond motifs is 1. The van der Waals surface area contributed by atoms with Crippen LogP contribution in [-0.2, 0) is 31.2 Å². The predicted octanol–water partition coefficient (Wildman–Crippen LogP) is 3.38. The van der Waals surface area contributed by atoms with Crippen molar-refractivity contribution in [3.63, 3.8) is 0 Å². The largest absolute Gasteiger partial charge is 0.480 e. The molecule has 36 heavy (non-hydrogen) atoms. The lowest BCUT2D eigenvalue weighted by Gasteiger charge is -2.13. The van der Waals surface area contributed by atoms with E-state index in [9.17, 15) is 14.7 Å². The summed E-state index contributed by atoms with van der Waals surface area (Å²) in [6.07, 6.45) is 2.61. The van der Waals surface area contributed by atoms with Crippen molar-refractivity contribution in [3.8, 4) is 11.3 Å². The number of amidine groups is 1. The Morgan fingerprint density at radius 1 is 1.14 bits per heavy atom. The van der Waals surface area contributed by atoms with Crippen LogP contribution in [0.15, 0.2) is 53.6 Å². The maximum atomic E-state index is 13.0. The third kappa shape index (κ3) is 5.46. The van der Waals surface area contributed by atoms with Gasteiger partial charge in [0.1, 0.15) is 18.1 Å². The van der Waals surface area contributed by atoms with Crippen molar-refractivity contribution >= 4 is 35.2 Å². The van der Waals surface area contributed by atoms with Crippen molar-refractivity contribution in [2.24, 2.45) is 18.7 Å². The van der Waals surface area contributed by atoms with Crippen LogP contribution in [0.2, 0.25) is 0 Å². The molecule has 0 saturated carbocycles. The number of nitrogens with one attached hydrogen (secondary N) is 1. The van der Waals surface area contributed by atoms with Gasteiger partial charge in [-0.3, -0.25) is 15.0 Å². The second-order valence-corrected chi connectivity index (χ2v) is 9.07. The minimum absolute atomic E-state index is 0. The lowest BCUT2D eigenvalue weighted by molar-refractivity contribution is -0.137. The Morgan fingerprint density at radius 3 is 2.44 bits per heavy atom. The Morgan fingerprint density at radius 2 is 1.83 bits per heavy atom. The highest BCUT2D eigenvalue weighted by Crippen LogP contribution is 2.28. The highest BCUT2D eigenvalue weighted by Gasteiger charge is 2.18. The molecule has 0 fully saturated rings. The lowest BCUT2D eigenvalue weighted by atomic mass is 10.0. The molecule has 9 nitrogen and oxygen atoms in total. The average Bonchev–Trinajstić information content (AvgIpc) is 3.17. The fourth-order valence-corrected chi connectivity index (χ4v) is 4.21. The second kappa shape index (κ2) is 10.7. The minimum atomic E-state index is -0.945. The Labute approximate surface area is 214 Å². The van der Waals surface area contributed by atoms with Crippen LogP contribution < -0.4 is 11.3 Å². The van der Waals surface area contributed by atoms with Crippen molar-refractivity contribution in [2.45, 2.75) is 33.2 Å². The molecule has 10 heteroatoms. The molecule has 188 valence electrons. The molecule has 4 aromatic rings. The smallest absolute Gasteiger partial charge is 0.323 e. The summed E-state index contributed by atoms with van der Waals surface area (Å²) in [7, 11) is 1.72. The summed E-state index contributed by atoms with van der Waals surface area (Å²) in [4.78, 5) is 33.6. The molecule has 2 aromatic heterocycles. The summed E-state index contributed by atoms with van der Waals surface area (Å²) >= 11 is 0. The number of carbonyl (C=O) groups is 1. The number of carboxylic acids is 1. The van der Waals surface area contributed by atoms with Gasteiger partial charge in [-0.1, -0.05) is 44.2 Å². The Kier molecular flexibility index (Phi) is 7.94. The van der Waals surface area contributed by atoms with Crippen molar-refractivity contribution < 1.29 is 9.90 Å². The molecule has 2 aromatic carbocycles. The zero-order valence-corrected chi connectivity index (χ0v) is 21.2. The van der Waals surface area contributed by atoms with Crippen LogP contribution in [0.5, 0.6) is 0 Å². The monoisotopic (exact) mass is 508 g/mol. The van der Waals surface area contributed by atoms with Gasteiger partial charge in [-0.25, -0.2) is 9.97 Å². The molecule has 2 heterocycles. The molecule has 0 bridgehead atoms. The van der Waals surface area contributed by atoms with Gasteiger partial charge in [0, 0.05) is 24.6 Å². The summed E-state index contributed by atoms with van der Waals surface area (Å²) in [6, 6.07) is 12.8. The third-order valence-electron chi connectivity index (χ3n) is 5.87. The Balaban J connectivity index is 0.00000361. The van der Waals surface area contributed by atoms with E-state index in [1.807, 2.05) is 30.3 Å². The van der Waals surface area contributed by atoms with E-state index in [4.69, 9.17) is 16.1 Å². The van der Waals surface area contributed by atoms with Crippen LogP contribution in [0.25, 0.3) is 22.3 Å². The quantitative estimate of drug-likeness (QED) is 0.246. The lowest BCUT2D eigenvalue weighted by Crippen LogP contribution is -2.23. The fraction of sp³-hybridized carbons (Fsp3) is 0.269. The number of hydrogen-bond acceptors (Lipinski definition) is 5. The van der Waals surface area contributed by atoms with E-state index >= 15 is 0 Å². The molecule has 0 atom stereocenters. The molecule has 0 saturated heterocycles. The van der Waals surface area contributed by atoms with Crippen LogP contribution in [0.4, 0.5) is 0 Å². The SMILES string of the molecule is CC(C)Cc1ncn(CC(=O)O)c1-c1ccc2c(c1)nc(Cc1ccc(C(=N)N)cc1)c(=O)n2C.Cl. The normalized spacial score (nSPS) is 11.0. The summed E-state index contributed by atoms with van der Waals surface area (Å²) in [5, 5.41) is 16.9. The Bertz CT molecular complexity index is 1490. The molecule has 0 aliphatic carbocycles. The van der Waals surface area contributed by atoms with Crippen molar-refractivity contribution in [2.75, 3.05) is 0 Å². The molecular formula is C26H29ClN6O3. The molecule has 4 N–H and O–H groups in total. The van der Waals surface area contributed by atoms with Crippen LogP contribution in [0.1, 0.15) is 36.4 Å². The number of carboxylic acid groups (broad SMARTS) is 1. The number of nitrogens with two attached hydrogens (primary N) is 1. The van der Waals surface area contributed by atoms with Crippen molar-refractivity contribution in [3.05, 3.63) is 81.7 Å². The summed E-state index contributed by atoms with van der Waals surface area (Å²) in [6.45, 7) is 3.99.